The number of piperidine rings is 1. The number of hydrogen-bond donors (Lipinski definition) is 1. The van der Waals surface area contributed by atoms with E-state index in [9.17, 15) is 14.7 Å². The van der Waals surface area contributed by atoms with Crippen molar-refractivity contribution in [2.75, 3.05) is 6.54 Å². The molecule has 0 radical (unpaired) electrons. The van der Waals surface area contributed by atoms with Crippen LogP contribution in [0.25, 0.3) is 0 Å². The van der Waals surface area contributed by atoms with Crippen molar-refractivity contribution in [2.45, 2.75) is 32.7 Å². The molecule has 6 nitrogen and oxygen atoms in total. The van der Waals surface area contributed by atoms with E-state index in [-0.39, 0.29) is 5.91 Å². The van der Waals surface area contributed by atoms with Gasteiger partial charge in [-0.05, 0) is 25.7 Å². The van der Waals surface area contributed by atoms with Gasteiger partial charge >= 0.3 is 5.97 Å². The average molecular weight is 252 g/mol. The Hall–Kier alpha value is -1.85. The molecule has 2 unspecified atom stereocenters. The zero-order valence-electron chi connectivity index (χ0n) is 10.4. The summed E-state index contributed by atoms with van der Waals surface area (Å²) < 4.78 is 4.85. The summed E-state index contributed by atoms with van der Waals surface area (Å²) in [6.45, 7) is 4.10. The number of carboxylic acid groups (broad SMARTS) is 1. The fourth-order valence-corrected chi connectivity index (χ4v) is 2.28. The third-order valence-corrected chi connectivity index (χ3v) is 3.39. The number of rotatable bonds is 2. The van der Waals surface area contributed by atoms with Crippen LogP contribution < -0.4 is 0 Å². The molecule has 2 atom stereocenters. The van der Waals surface area contributed by atoms with Crippen molar-refractivity contribution in [1.29, 1.82) is 0 Å². The van der Waals surface area contributed by atoms with Gasteiger partial charge in [-0.15, -0.1) is 0 Å². The smallest absolute Gasteiger partial charge is 0.326 e. The predicted octanol–water partition coefficient (Wildman–Crippen LogP) is 1.31. The summed E-state index contributed by atoms with van der Waals surface area (Å²) in [6, 6.07) is -0.754. The summed E-state index contributed by atoms with van der Waals surface area (Å²) in [6.07, 6.45) is 2.65. The van der Waals surface area contributed by atoms with Crippen LogP contribution in [0.5, 0.6) is 0 Å². The zero-order chi connectivity index (χ0) is 13.3. The van der Waals surface area contributed by atoms with E-state index in [4.69, 9.17) is 4.52 Å². The zero-order valence-corrected chi connectivity index (χ0v) is 10.4. The molecule has 0 spiro atoms. The van der Waals surface area contributed by atoms with Gasteiger partial charge in [0.15, 0.2) is 0 Å². The highest BCUT2D eigenvalue weighted by Gasteiger charge is 2.36. The lowest BCUT2D eigenvalue weighted by Gasteiger charge is -2.35. The predicted molar refractivity (Wildman–Crippen MR) is 62.1 cm³/mol. The van der Waals surface area contributed by atoms with Gasteiger partial charge in [-0.2, -0.15) is 0 Å². The first-order valence-corrected chi connectivity index (χ1v) is 5.95. The molecule has 1 saturated heterocycles. The van der Waals surface area contributed by atoms with Crippen molar-refractivity contribution < 1.29 is 19.2 Å². The normalized spacial score (nSPS) is 24.0. The molecule has 1 fully saturated rings. The van der Waals surface area contributed by atoms with Crippen molar-refractivity contribution in [3.63, 3.8) is 0 Å². The Bertz CT molecular complexity index is 468. The molecule has 18 heavy (non-hydrogen) atoms. The van der Waals surface area contributed by atoms with Crippen LogP contribution in [-0.2, 0) is 4.79 Å². The van der Waals surface area contributed by atoms with E-state index < -0.39 is 12.0 Å². The summed E-state index contributed by atoms with van der Waals surface area (Å²) in [7, 11) is 0. The molecule has 0 aromatic carbocycles. The quantitative estimate of drug-likeness (QED) is 0.857. The third-order valence-electron chi connectivity index (χ3n) is 3.39. The van der Waals surface area contributed by atoms with Gasteiger partial charge in [0.25, 0.3) is 5.91 Å². The van der Waals surface area contributed by atoms with E-state index in [0.717, 1.165) is 6.42 Å². The Morgan fingerprint density at radius 3 is 2.83 bits per heavy atom. The van der Waals surface area contributed by atoms with Gasteiger partial charge in [-0.1, -0.05) is 12.1 Å². The Morgan fingerprint density at radius 1 is 1.56 bits per heavy atom. The van der Waals surface area contributed by atoms with Crippen LogP contribution >= 0.6 is 0 Å². The van der Waals surface area contributed by atoms with Crippen LogP contribution in [0.4, 0.5) is 0 Å². The van der Waals surface area contributed by atoms with E-state index in [2.05, 4.69) is 5.16 Å². The number of carbonyl (C=O) groups excluding carboxylic acids is 1. The number of nitrogens with zero attached hydrogens (tertiary/aromatic N) is 2. The molecule has 2 heterocycles. The van der Waals surface area contributed by atoms with E-state index in [1.54, 1.807) is 6.92 Å². The lowest BCUT2D eigenvalue weighted by molar-refractivity contribution is -0.144. The maximum Gasteiger partial charge on any atom is 0.326 e. The van der Waals surface area contributed by atoms with Crippen molar-refractivity contribution in [3.05, 3.63) is 17.5 Å². The Balaban J connectivity index is 2.23. The standard InChI is InChI=1S/C12H16N2O4/c1-7-3-4-14(10(5-7)12(16)17)11(15)9-6-13-18-8(9)2/h6-7,10H,3-5H2,1-2H3,(H,16,17). The summed E-state index contributed by atoms with van der Waals surface area (Å²) in [5.41, 5.74) is 0.343. The molecule has 0 aliphatic carbocycles. The molecule has 2 rings (SSSR count). The highest BCUT2D eigenvalue weighted by molar-refractivity contribution is 5.97. The second kappa shape index (κ2) is 4.80. The summed E-state index contributed by atoms with van der Waals surface area (Å²) in [4.78, 5) is 24.9. The van der Waals surface area contributed by atoms with E-state index in [1.807, 2.05) is 6.92 Å². The van der Waals surface area contributed by atoms with Crippen LogP contribution in [-0.4, -0.2) is 39.6 Å². The minimum atomic E-state index is -0.955. The fraction of sp³-hybridized carbons (Fsp3) is 0.583. The molecule has 1 aliphatic rings. The molecule has 6 heteroatoms. The molecule has 1 aromatic heterocycles. The first-order valence-electron chi connectivity index (χ1n) is 5.95. The second-order valence-corrected chi connectivity index (χ2v) is 4.78. The molecular formula is C12H16N2O4. The van der Waals surface area contributed by atoms with Crippen molar-refractivity contribution in [1.82, 2.24) is 10.1 Å². The van der Waals surface area contributed by atoms with E-state index in [1.165, 1.54) is 11.1 Å². The number of amides is 1. The molecule has 98 valence electrons. The SMILES string of the molecule is Cc1oncc1C(=O)N1CCC(C)CC1C(=O)O. The number of likely N-dealkylation sites (tertiary alicyclic amines) is 1. The van der Waals surface area contributed by atoms with E-state index in [0.29, 0.717) is 30.2 Å². The number of aromatic nitrogens is 1. The molecule has 1 aliphatic heterocycles. The number of carbonyl (C=O) groups is 2. The molecule has 1 aromatic rings. The highest BCUT2D eigenvalue weighted by Crippen LogP contribution is 2.25. The van der Waals surface area contributed by atoms with Crippen molar-refractivity contribution >= 4 is 11.9 Å². The first-order chi connectivity index (χ1) is 8.50. The van der Waals surface area contributed by atoms with Gasteiger partial charge in [-0.25, -0.2) is 4.79 Å². The van der Waals surface area contributed by atoms with Crippen LogP contribution in [0.15, 0.2) is 10.7 Å². The molecule has 1 N–H and O–H groups in total. The van der Waals surface area contributed by atoms with Gasteiger partial charge in [0.1, 0.15) is 17.4 Å². The number of hydrogen-bond acceptors (Lipinski definition) is 4. The maximum atomic E-state index is 12.3. The molecule has 0 saturated carbocycles. The Labute approximate surface area is 105 Å². The number of aliphatic carboxylic acids is 1. The Kier molecular flexibility index (Phi) is 3.36. The van der Waals surface area contributed by atoms with Crippen LogP contribution in [0.3, 0.4) is 0 Å². The van der Waals surface area contributed by atoms with Gasteiger partial charge in [-0.3, -0.25) is 4.79 Å². The average Bonchev–Trinajstić information content (AvgIpc) is 2.74. The monoisotopic (exact) mass is 252 g/mol. The Morgan fingerprint density at radius 2 is 2.28 bits per heavy atom. The van der Waals surface area contributed by atoms with Crippen LogP contribution in [0.1, 0.15) is 35.9 Å². The summed E-state index contributed by atoms with van der Waals surface area (Å²) in [5, 5.41) is 12.8. The van der Waals surface area contributed by atoms with Crippen molar-refractivity contribution in [2.24, 2.45) is 5.92 Å². The van der Waals surface area contributed by atoms with Gasteiger partial charge < -0.3 is 14.5 Å². The molecular weight excluding hydrogens is 236 g/mol. The third kappa shape index (κ3) is 2.23. The lowest BCUT2D eigenvalue weighted by Crippen LogP contribution is -2.49. The maximum absolute atomic E-state index is 12.3. The largest absolute Gasteiger partial charge is 0.480 e. The summed E-state index contributed by atoms with van der Waals surface area (Å²) >= 11 is 0. The van der Waals surface area contributed by atoms with Gasteiger partial charge in [0, 0.05) is 6.54 Å². The topological polar surface area (TPSA) is 83.6 Å². The van der Waals surface area contributed by atoms with Crippen molar-refractivity contribution in [3.8, 4) is 0 Å². The van der Waals surface area contributed by atoms with E-state index >= 15 is 0 Å². The number of carboxylic acids is 1. The minimum absolute atomic E-state index is 0.312. The lowest BCUT2D eigenvalue weighted by atomic mass is 9.92. The van der Waals surface area contributed by atoms with Crippen LogP contribution in [0, 0.1) is 12.8 Å². The molecule has 1 amide bonds. The second-order valence-electron chi connectivity index (χ2n) is 4.78. The molecule has 0 bridgehead atoms. The number of aryl methyl sites for hydroxylation is 1. The highest BCUT2D eigenvalue weighted by atomic mass is 16.5. The van der Waals surface area contributed by atoms with Crippen LogP contribution in [0.2, 0.25) is 0 Å². The fourth-order valence-electron chi connectivity index (χ4n) is 2.28. The minimum Gasteiger partial charge on any atom is -0.480 e. The summed E-state index contributed by atoms with van der Waals surface area (Å²) in [5.74, 6) is -0.529. The van der Waals surface area contributed by atoms with Gasteiger partial charge in [0.2, 0.25) is 0 Å². The first kappa shape index (κ1) is 12.6. The van der Waals surface area contributed by atoms with Gasteiger partial charge in [0.05, 0.1) is 6.20 Å².